The van der Waals surface area contributed by atoms with Crippen LogP contribution in [0.2, 0.25) is 0 Å². The fourth-order valence-electron chi connectivity index (χ4n) is 2.81. The molecule has 2 aromatic carbocycles. The fourth-order valence-corrected chi connectivity index (χ4v) is 3.74. The van der Waals surface area contributed by atoms with Gasteiger partial charge in [-0.15, -0.1) is 11.3 Å². The van der Waals surface area contributed by atoms with Gasteiger partial charge < -0.3 is 19.2 Å². The third kappa shape index (κ3) is 3.57. The Morgan fingerprint density at radius 2 is 1.96 bits per heavy atom. The zero-order chi connectivity index (χ0) is 19.5. The van der Waals surface area contributed by atoms with Crippen LogP contribution in [0.3, 0.4) is 0 Å². The van der Waals surface area contributed by atoms with Gasteiger partial charge in [0.05, 0.1) is 36.5 Å². The van der Waals surface area contributed by atoms with E-state index in [4.69, 9.17) is 13.9 Å². The van der Waals surface area contributed by atoms with Gasteiger partial charge in [-0.3, -0.25) is 4.79 Å². The Morgan fingerprint density at radius 1 is 1.11 bits per heavy atom. The van der Waals surface area contributed by atoms with Gasteiger partial charge in [0.1, 0.15) is 17.3 Å². The number of nitrogens with one attached hydrogen (secondary N) is 1. The molecule has 28 heavy (non-hydrogen) atoms. The largest absolute Gasteiger partial charge is 0.497 e. The maximum Gasteiger partial charge on any atom is 0.255 e. The molecule has 4 rings (SSSR count). The van der Waals surface area contributed by atoms with Gasteiger partial charge in [-0.2, -0.15) is 0 Å². The number of para-hydroxylation sites is 1. The number of nitrogens with zero attached hydrogens (tertiary/aromatic N) is 1. The first kappa shape index (κ1) is 18.1. The SMILES string of the molecule is COc1ccc(C(=O)NCc2ccc(-c3nc4ccccc4s3)o2)c(OC)c1. The number of carbonyl (C=O) groups is 1. The molecule has 0 bridgehead atoms. The molecule has 6 nitrogen and oxygen atoms in total. The second-order valence-electron chi connectivity index (χ2n) is 6.00. The summed E-state index contributed by atoms with van der Waals surface area (Å²) in [5.41, 5.74) is 1.38. The summed E-state index contributed by atoms with van der Waals surface area (Å²) in [5, 5.41) is 3.66. The molecule has 0 radical (unpaired) electrons. The number of carbonyl (C=O) groups excluding carboxylic acids is 1. The Labute approximate surface area is 165 Å². The predicted octanol–water partition coefficient (Wildman–Crippen LogP) is 4.50. The zero-order valence-electron chi connectivity index (χ0n) is 15.4. The van der Waals surface area contributed by atoms with Crippen LogP contribution in [0.1, 0.15) is 16.1 Å². The molecule has 1 amide bonds. The lowest BCUT2D eigenvalue weighted by Gasteiger charge is -2.10. The number of benzene rings is 2. The van der Waals surface area contributed by atoms with Crippen LogP contribution in [0.25, 0.3) is 21.0 Å². The van der Waals surface area contributed by atoms with E-state index in [9.17, 15) is 4.79 Å². The molecule has 2 heterocycles. The highest BCUT2D eigenvalue weighted by Gasteiger charge is 2.15. The van der Waals surface area contributed by atoms with Crippen molar-refractivity contribution in [3.05, 3.63) is 65.9 Å². The van der Waals surface area contributed by atoms with Gasteiger partial charge >= 0.3 is 0 Å². The van der Waals surface area contributed by atoms with Crippen molar-refractivity contribution in [3.63, 3.8) is 0 Å². The van der Waals surface area contributed by atoms with Crippen LogP contribution < -0.4 is 14.8 Å². The molecule has 0 atom stereocenters. The summed E-state index contributed by atoms with van der Waals surface area (Å²) < 4.78 is 17.4. The molecule has 0 fully saturated rings. The number of amides is 1. The molecule has 2 aromatic heterocycles. The van der Waals surface area contributed by atoms with Crippen LogP contribution in [0.4, 0.5) is 0 Å². The average molecular weight is 394 g/mol. The summed E-state index contributed by atoms with van der Waals surface area (Å²) in [6.45, 7) is 0.263. The summed E-state index contributed by atoms with van der Waals surface area (Å²) in [5.74, 6) is 2.16. The first-order valence-corrected chi connectivity index (χ1v) is 9.44. The molecule has 0 saturated heterocycles. The van der Waals surface area contributed by atoms with Crippen LogP contribution >= 0.6 is 11.3 Å². The van der Waals surface area contributed by atoms with Crippen molar-refractivity contribution in [2.75, 3.05) is 14.2 Å². The first-order chi connectivity index (χ1) is 13.7. The number of aromatic nitrogens is 1. The normalized spacial score (nSPS) is 10.8. The smallest absolute Gasteiger partial charge is 0.255 e. The van der Waals surface area contributed by atoms with Gasteiger partial charge in [0.2, 0.25) is 0 Å². The highest BCUT2D eigenvalue weighted by atomic mass is 32.1. The summed E-state index contributed by atoms with van der Waals surface area (Å²) in [7, 11) is 3.08. The predicted molar refractivity (Wildman–Crippen MR) is 108 cm³/mol. The third-order valence-corrected chi connectivity index (χ3v) is 5.29. The van der Waals surface area contributed by atoms with Gasteiger partial charge in [-0.05, 0) is 36.4 Å². The minimum Gasteiger partial charge on any atom is -0.497 e. The maximum absolute atomic E-state index is 12.5. The molecular formula is C21H18N2O4S. The lowest BCUT2D eigenvalue weighted by atomic mass is 10.1. The van der Waals surface area contributed by atoms with Gasteiger partial charge in [0.15, 0.2) is 10.8 Å². The second kappa shape index (κ2) is 7.74. The Balaban J connectivity index is 1.46. The Bertz CT molecular complexity index is 1100. The monoisotopic (exact) mass is 394 g/mol. The molecule has 0 unspecified atom stereocenters. The van der Waals surface area contributed by atoms with E-state index in [1.165, 1.54) is 7.11 Å². The van der Waals surface area contributed by atoms with Crippen molar-refractivity contribution in [2.45, 2.75) is 6.54 Å². The van der Waals surface area contributed by atoms with Crippen molar-refractivity contribution < 1.29 is 18.7 Å². The van der Waals surface area contributed by atoms with E-state index in [1.807, 2.05) is 36.4 Å². The molecule has 1 N–H and O–H groups in total. The molecule has 0 aliphatic carbocycles. The van der Waals surface area contributed by atoms with E-state index in [2.05, 4.69) is 10.3 Å². The topological polar surface area (TPSA) is 73.6 Å². The van der Waals surface area contributed by atoms with Crippen LogP contribution in [0, 0.1) is 0 Å². The van der Waals surface area contributed by atoms with Gasteiger partial charge in [0.25, 0.3) is 5.91 Å². The van der Waals surface area contributed by atoms with Crippen LogP contribution in [-0.2, 0) is 6.54 Å². The Hall–Kier alpha value is -3.32. The number of methoxy groups -OCH3 is 2. The Kier molecular flexibility index (Phi) is 4.99. The average Bonchev–Trinajstić information content (AvgIpc) is 3.38. The lowest BCUT2D eigenvalue weighted by Crippen LogP contribution is -2.23. The highest BCUT2D eigenvalue weighted by molar-refractivity contribution is 7.21. The van der Waals surface area contributed by atoms with E-state index in [0.29, 0.717) is 28.6 Å². The highest BCUT2D eigenvalue weighted by Crippen LogP contribution is 2.31. The first-order valence-electron chi connectivity index (χ1n) is 8.63. The quantitative estimate of drug-likeness (QED) is 0.521. The number of ether oxygens (including phenoxy) is 2. The van der Waals surface area contributed by atoms with Crippen molar-refractivity contribution in [1.82, 2.24) is 10.3 Å². The van der Waals surface area contributed by atoms with E-state index >= 15 is 0 Å². The molecule has 4 aromatic rings. The van der Waals surface area contributed by atoms with Gasteiger partial charge in [-0.25, -0.2) is 4.98 Å². The van der Waals surface area contributed by atoms with Crippen LogP contribution in [0.5, 0.6) is 11.5 Å². The van der Waals surface area contributed by atoms with Crippen molar-refractivity contribution in [2.24, 2.45) is 0 Å². The summed E-state index contributed by atoms with van der Waals surface area (Å²) >= 11 is 1.57. The van der Waals surface area contributed by atoms with Crippen LogP contribution in [0.15, 0.2) is 59.0 Å². The van der Waals surface area contributed by atoms with E-state index in [1.54, 1.807) is 36.6 Å². The third-order valence-electron chi connectivity index (χ3n) is 4.24. The van der Waals surface area contributed by atoms with E-state index in [-0.39, 0.29) is 12.5 Å². The minimum atomic E-state index is -0.252. The summed E-state index contributed by atoms with van der Waals surface area (Å²) in [6.07, 6.45) is 0. The second-order valence-corrected chi connectivity index (χ2v) is 7.03. The number of thiazole rings is 1. The van der Waals surface area contributed by atoms with Crippen molar-refractivity contribution in [1.29, 1.82) is 0 Å². The molecular weight excluding hydrogens is 376 g/mol. The summed E-state index contributed by atoms with van der Waals surface area (Å²) in [6, 6.07) is 16.7. The van der Waals surface area contributed by atoms with E-state index in [0.717, 1.165) is 15.2 Å². The number of furan rings is 1. The number of hydrogen-bond acceptors (Lipinski definition) is 6. The van der Waals surface area contributed by atoms with E-state index < -0.39 is 0 Å². The van der Waals surface area contributed by atoms with Gasteiger partial charge in [-0.1, -0.05) is 12.1 Å². The lowest BCUT2D eigenvalue weighted by molar-refractivity contribution is 0.0945. The van der Waals surface area contributed by atoms with Gasteiger partial charge in [0, 0.05) is 6.07 Å². The standard InChI is InChI=1S/C21H18N2O4S/c1-25-13-7-9-15(18(11-13)26-2)20(24)22-12-14-8-10-17(27-14)21-23-16-5-3-4-6-19(16)28-21/h3-11H,12H2,1-2H3,(H,22,24). The molecule has 142 valence electrons. The molecule has 0 spiro atoms. The minimum absolute atomic E-state index is 0.252. The molecule has 0 aliphatic heterocycles. The maximum atomic E-state index is 12.5. The number of hydrogen-bond donors (Lipinski definition) is 1. The van der Waals surface area contributed by atoms with Crippen molar-refractivity contribution in [3.8, 4) is 22.3 Å². The molecule has 7 heteroatoms. The zero-order valence-corrected chi connectivity index (χ0v) is 16.2. The van der Waals surface area contributed by atoms with Crippen molar-refractivity contribution >= 4 is 27.5 Å². The molecule has 0 saturated carbocycles. The summed E-state index contributed by atoms with van der Waals surface area (Å²) in [4.78, 5) is 17.1. The number of fused-ring (bicyclic) bond motifs is 1. The number of rotatable bonds is 6. The fraction of sp³-hybridized carbons (Fsp3) is 0.143. The molecule has 0 aliphatic rings. The Morgan fingerprint density at radius 3 is 2.75 bits per heavy atom. The van der Waals surface area contributed by atoms with Crippen LogP contribution in [-0.4, -0.2) is 25.1 Å².